The summed E-state index contributed by atoms with van der Waals surface area (Å²) in [7, 11) is 0. The molecule has 20 heavy (non-hydrogen) atoms. The molecule has 2 rings (SSSR count). The Hall–Kier alpha value is -0.610. The summed E-state index contributed by atoms with van der Waals surface area (Å²) < 4.78 is 5.31. The fourth-order valence-corrected chi connectivity index (χ4v) is 3.29. The standard InChI is InChI=1S/C16H30N2O2/c19-16(8-4-7-15-5-2-1-3-6-15)17-9-10-18-11-13-20-14-12-18/h15H,1-14H2,(H,17,19). The van der Waals surface area contributed by atoms with Crippen molar-refractivity contribution >= 4 is 5.91 Å². The predicted octanol–water partition coefficient (Wildman–Crippen LogP) is 2.19. The van der Waals surface area contributed by atoms with Crippen LogP contribution in [-0.4, -0.2) is 50.2 Å². The van der Waals surface area contributed by atoms with E-state index in [0.717, 1.165) is 51.7 Å². The molecule has 2 fully saturated rings. The van der Waals surface area contributed by atoms with Crippen LogP contribution in [0.5, 0.6) is 0 Å². The lowest BCUT2D eigenvalue weighted by Crippen LogP contribution is -2.41. The number of morpholine rings is 1. The Bertz CT molecular complexity index is 246. The van der Waals surface area contributed by atoms with Gasteiger partial charge in [0.25, 0.3) is 0 Å². The Morgan fingerprint density at radius 1 is 1.15 bits per heavy atom. The minimum atomic E-state index is 0.231. The van der Waals surface area contributed by atoms with Crippen molar-refractivity contribution in [1.29, 1.82) is 0 Å². The number of carbonyl (C=O) groups is 1. The van der Waals surface area contributed by atoms with Gasteiger partial charge in [0, 0.05) is 32.6 Å². The molecule has 0 radical (unpaired) electrons. The van der Waals surface area contributed by atoms with Crippen molar-refractivity contribution in [1.82, 2.24) is 10.2 Å². The summed E-state index contributed by atoms with van der Waals surface area (Å²) in [5.41, 5.74) is 0. The first-order valence-electron chi connectivity index (χ1n) is 8.41. The maximum absolute atomic E-state index is 11.8. The smallest absolute Gasteiger partial charge is 0.220 e. The molecule has 0 aromatic rings. The van der Waals surface area contributed by atoms with Gasteiger partial charge in [-0.2, -0.15) is 0 Å². The second-order valence-electron chi connectivity index (χ2n) is 6.20. The van der Waals surface area contributed by atoms with Gasteiger partial charge in [-0.1, -0.05) is 32.1 Å². The van der Waals surface area contributed by atoms with E-state index in [4.69, 9.17) is 4.74 Å². The van der Waals surface area contributed by atoms with Crippen LogP contribution in [0.25, 0.3) is 0 Å². The molecule has 0 atom stereocenters. The average Bonchev–Trinajstić information content (AvgIpc) is 2.49. The zero-order valence-corrected chi connectivity index (χ0v) is 12.7. The monoisotopic (exact) mass is 282 g/mol. The largest absolute Gasteiger partial charge is 0.379 e. The van der Waals surface area contributed by atoms with E-state index in [0.29, 0.717) is 6.42 Å². The SMILES string of the molecule is O=C(CCCC1CCCCC1)NCCN1CCOCC1. The maximum Gasteiger partial charge on any atom is 0.220 e. The molecule has 1 saturated carbocycles. The quantitative estimate of drug-likeness (QED) is 0.778. The Balaban J connectivity index is 1.45. The van der Waals surface area contributed by atoms with Crippen molar-refractivity contribution in [3.63, 3.8) is 0 Å². The highest BCUT2D eigenvalue weighted by atomic mass is 16.5. The third-order valence-electron chi connectivity index (χ3n) is 4.59. The Kier molecular flexibility index (Phi) is 7.37. The number of nitrogens with zero attached hydrogens (tertiary/aromatic N) is 1. The van der Waals surface area contributed by atoms with Gasteiger partial charge in [-0.3, -0.25) is 9.69 Å². The minimum Gasteiger partial charge on any atom is -0.379 e. The second kappa shape index (κ2) is 9.35. The summed E-state index contributed by atoms with van der Waals surface area (Å²) in [6, 6.07) is 0. The molecule has 1 heterocycles. The van der Waals surface area contributed by atoms with Crippen molar-refractivity contribution < 1.29 is 9.53 Å². The fraction of sp³-hybridized carbons (Fsp3) is 0.938. The lowest BCUT2D eigenvalue weighted by molar-refractivity contribution is -0.121. The Labute approximate surface area is 123 Å². The molecule has 116 valence electrons. The molecule has 1 aliphatic carbocycles. The van der Waals surface area contributed by atoms with Crippen molar-refractivity contribution in [2.75, 3.05) is 39.4 Å². The first-order valence-corrected chi connectivity index (χ1v) is 8.41. The number of hydrogen-bond acceptors (Lipinski definition) is 3. The molecule has 1 amide bonds. The minimum absolute atomic E-state index is 0.231. The van der Waals surface area contributed by atoms with E-state index in [9.17, 15) is 4.79 Å². The highest BCUT2D eigenvalue weighted by Gasteiger charge is 2.14. The first-order chi connectivity index (χ1) is 9.84. The molecule has 0 aromatic heterocycles. The zero-order valence-electron chi connectivity index (χ0n) is 12.7. The Morgan fingerprint density at radius 2 is 1.90 bits per heavy atom. The third-order valence-corrected chi connectivity index (χ3v) is 4.59. The van der Waals surface area contributed by atoms with Crippen LogP contribution in [0.3, 0.4) is 0 Å². The van der Waals surface area contributed by atoms with Gasteiger partial charge in [0.05, 0.1) is 13.2 Å². The van der Waals surface area contributed by atoms with Gasteiger partial charge < -0.3 is 10.1 Å². The molecule has 4 heteroatoms. The van der Waals surface area contributed by atoms with E-state index in [1.165, 1.54) is 38.5 Å². The van der Waals surface area contributed by atoms with Crippen LogP contribution in [-0.2, 0) is 9.53 Å². The van der Waals surface area contributed by atoms with Gasteiger partial charge in [0.1, 0.15) is 0 Å². The number of nitrogens with one attached hydrogen (secondary N) is 1. The zero-order chi connectivity index (χ0) is 14.0. The van der Waals surface area contributed by atoms with Crippen LogP contribution < -0.4 is 5.32 Å². The number of carbonyl (C=O) groups excluding carboxylic acids is 1. The van der Waals surface area contributed by atoms with Crippen LogP contribution in [0.4, 0.5) is 0 Å². The van der Waals surface area contributed by atoms with Gasteiger partial charge in [0.2, 0.25) is 5.91 Å². The molecule has 4 nitrogen and oxygen atoms in total. The number of rotatable bonds is 7. The van der Waals surface area contributed by atoms with E-state index in [1.807, 2.05) is 0 Å². The van der Waals surface area contributed by atoms with Gasteiger partial charge in [-0.25, -0.2) is 0 Å². The van der Waals surface area contributed by atoms with Gasteiger partial charge >= 0.3 is 0 Å². The summed E-state index contributed by atoms with van der Waals surface area (Å²) >= 11 is 0. The van der Waals surface area contributed by atoms with Gasteiger partial charge in [-0.05, 0) is 18.8 Å². The summed E-state index contributed by atoms with van der Waals surface area (Å²) in [5.74, 6) is 1.12. The number of ether oxygens (including phenoxy) is 1. The number of amides is 1. The van der Waals surface area contributed by atoms with Crippen LogP contribution in [0.2, 0.25) is 0 Å². The van der Waals surface area contributed by atoms with Crippen LogP contribution in [0.15, 0.2) is 0 Å². The molecule has 1 saturated heterocycles. The molecule has 2 aliphatic rings. The van der Waals surface area contributed by atoms with Crippen molar-refractivity contribution in [2.45, 2.75) is 51.4 Å². The molecular weight excluding hydrogens is 252 g/mol. The molecule has 0 spiro atoms. The summed E-state index contributed by atoms with van der Waals surface area (Å²) in [4.78, 5) is 14.1. The molecule has 1 aliphatic heterocycles. The highest BCUT2D eigenvalue weighted by Crippen LogP contribution is 2.27. The van der Waals surface area contributed by atoms with Crippen LogP contribution in [0, 0.1) is 5.92 Å². The van der Waals surface area contributed by atoms with Crippen molar-refractivity contribution in [3.8, 4) is 0 Å². The summed E-state index contributed by atoms with van der Waals surface area (Å²) in [6.45, 7) is 5.39. The van der Waals surface area contributed by atoms with E-state index in [-0.39, 0.29) is 5.91 Å². The summed E-state index contributed by atoms with van der Waals surface area (Å²) in [6.07, 6.45) is 10.0. The third kappa shape index (κ3) is 6.23. The first kappa shape index (κ1) is 15.8. The van der Waals surface area contributed by atoms with Gasteiger partial charge in [0.15, 0.2) is 0 Å². The summed E-state index contributed by atoms with van der Waals surface area (Å²) in [5, 5.41) is 3.05. The second-order valence-corrected chi connectivity index (χ2v) is 6.20. The van der Waals surface area contributed by atoms with E-state index in [1.54, 1.807) is 0 Å². The molecule has 1 N–H and O–H groups in total. The highest BCUT2D eigenvalue weighted by molar-refractivity contribution is 5.75. The number of hydrogen-bond donors (Lipinski definition) is 1. The van der Waals surface area contributed by atoms with Crippen molar-refractivity contribution in [3.05, 3.63) is 0 Å². The maximum atomic E-state index is 11.8. The van der Waals surface area contributed by atoms with E-state index >= 15 is 0 Å². The lowest BCUT2D eigenvalue weighted by Gasteiger charge is -2.26. The molecule has 0 aromatic carbocycles. The predicted molar refractivity (Wildman–Crippen MR) is 80.7 cm³/mol. The molecule has 0 bridgehead atoms. The fourth-order valence-electron chi connectivity index (χ4n) is 3.29. The molecule has 0 unspecified atom stereocenters. The van der Waals surface area contributed by atoms with E-state index in [2.05, 4.69) is 10.2 Å². The van der Waals surface area contributed by atoms with Gasteiger partial charge in [-0.15, -0.1) is 0 Å². The topological polar surface area (TPSA) is 41.6 Å². The molecular formula is C16H30N2O2. The van der Waals surface area contributed by atoms with Crippen LogP contribution >= 0.6 is 0 Å². The van der Waals surface area contributed by atoms with E-state index < -0.39 is 0 Å². The Morgan fingerprint density at radius 3 is 2.65 bits per heavy atom. The normalized spacial score (nSPS) is 21.8. The van der Waals surface area contributed by atoms with Crippen LogP contribution in [0.1, 0.15) is 51.4 Å². The lowest BCUT2D eigenvalue weighted by atomic mass is 9.86. The average molecular weight is 282 g/mol. The van der Waals surface area contributed by atoms with Crippen molar-refractivity contribution in [2.24, 2.45) is 5.92 Å².